The molecule has 0 aliphatic carbocycles. The van der Waals surface area contributed by atoms with Crippen LogP contribution in [-0.4, -0.2) is 38.6 Å². The van der Waals surface area contributed by atoms with Gasteiger partial charge in [0.15, 0.2) is 23.6 Å². The largest absolute Gasteiger partial charge is 0.456 e. The van der Waals surface area contributed by atoms with Crippen molar-refractivity contribution < 1.29 is 4.74 Å². The highest BCUT2D eigenvalue weighted by atomic mass is 16.5. The molecule has 0 N–H and O–H groups in total. The standard InChI is InChI=1S/C30H26N8O3/c1-5-6-15-37-26-27(35-29(37)41-17-25-32-19(3)21-12-8-10-14-23(21)34-25)36(4)30(40)38(28(26)39)16-24-31-18(2)20-11-7-9-13-22(20)33-24/h7-14H,15-17H2,1-4H3. The molecule has 2 aromatic carbocycles. The first-order chi connectivity index (χ1) is 19.9. The van der Waals surface area contributed by atoms with Gasteiger partial charge in [0.05, 0.1) is 24.1 Å². The fourth-order valence-electron chi connectivity index (χ4n) is 4.90. The van der Waals surface area contributed by atoms with Gasteiger partial charge in [-0.2, -0.15) is 4.98 Å². The van der Waals surface area contributed by atoms with E-state index in [4.69, 9.17) is 4.74 Å². The van der Waals surface area contributed by atoms with Crippen molar-refractivity contribution in [3.8, 4) is 17.9 Å². The van der Waals surface area contributed by atoms with Crippen molar-refractivity contribution in [1.82, 2.24) is 38.6 Å². The summed E-state index contributed by atoms with van der Waals surface area (Å²) in [4.78, 5) is 50.0. The first-order valence-electron chi connectivity index (χ1n) is 13.0. The van der Waals surface area contributed by atoms with E-state index in [2.05, 4.69) is 36.8 Å². The predicted octanol–water partition coefficient (Wildman–Crippen LogP) is 3.05. The Morgan fingerprint density at radius 2 is 1.41 bits per heavy atom. The van der Waals surface area contributed by atoms with Crippen LogP contribution in [0.1, 0.15) is 30.0 Å². The SMILES string of the molecule is CC#CCn1c(OCc2nc(C)c3ccccc3n2)nc2c1c(=O)n(Cc1nc(C)c3ccccc3n1)c(=O)n2C. The van der Waals surface area contributed by atoms with Crippen LogP contribution in [-0.2, 0) is 26.7 Å². The van der Waals surface area contributed by atoms with Crippen molar-refractivity contribution in [3.05, 3.63) is 92.4 Å². The molecule has 6 aromatic rings. The van der Waals surface area contributed by atoms with E-state index in [1.165, 1.54) is 4.57 Å². The van der Waals surface area contributed by atoms with Gasteiger partial charge in [0.2, 0.25) is 0 Å². The van der Waals surface area contributed by atoms with E-state index in [-0.39, 0.29) is 36.9 Å². The van der Waals surface area contributed by atoms with Gasteiger partial charge in [0, 0.05) is 29.2 Å². The number of imidazole rings is 1. The zero-order valence-electron chi connectivity index (χ0n) is 23.0. The van der Waals surface area contributed by atoms with E-state index in [0.717, 1.165) is 37.8 Å². The van der Waals surface area contributed by atoms with Crippen molar-refractivity contribution in [2.75, 3.05) is 0 Å². The molecule has 0 saturated carbocycles. The topological polar surface area (TPSA) is 123 Å². The number of fused-ring (bicyclic) bond motifs is 3. The summed E-state index contributed by atoms with van der Waals surface area (Å²) < 4.78 is 10.1. The first kappa shape index (κ1) is 25.9. The lowest BCUT2D eigenvalue weighted by Gasteiger charge is -2.10. The second kappa shape index (κ2) is 10.3. The molecule has 4 aromatic heterocycles. The van der Waals surface area contributed by atoms with E-state index in [1.807, 2.05) is 62.4 Å². The molecule has 4 heterocycles. The summed E-state index contributed by atoms with van der Waals surface area (Å²) >= 11 is 0. The van der Waals surface area contributed by atoms with Crippen molar-refractivity contribution in [1.29, 1.82) is 0 Å². The second-order valence-corrected chi connectivity index (χ2v) is 9.59. The van der Waals surface area contributed by atoms with E-state index >= 15 is 0 Å². The molecule has 0 unspecified atom stereocenters. The Balaban J connectivity index is 1.43. The average Bonchev–Trinajstić information content (AvgIpc) is 3.34. The quantitative estimate of drug-likeness (QED) is 0.292. The summed E-state index contributed by atoms with van der Waals surface area (Å²) in [6.07, 6.45) is 0. The lowest BCUT2D eigenvalue weighted by atomic mass is 10.2. The minimum atomic E-state index is -0.539. The highest BCUT2D eigenvalue weighted by molar-refractivity contribution is 5.81. The van der Waals surface area contributed by atoms with Gasteiger partial charge < -0.3 is 4.74 Å². The molecule has 0 aliphatic rings. The highest BCUT2D eigenvalue weighted by Gasteiger charge is 2.22. The molecule has 0 bridgehead atoms. The number of para-hydroxylation sites is 2. The molecule has 11 nitrogen and oxygen atoms in total. The lowest BCUT2D eigenvalue weighted by molar-refractivity contribution is 0.263. The number of hydrogen-bond donors (Lipinski definition) is 0. The van der Waals surface area contributed by atoms with Crippen LogP contribution in [0.2, 0.25) is 0 Å². The second-order valence-electron chi connectivity index (χ2n) is 9.59. The molecule has 41 heavy (non-hydrogen) atoms. The Kier molecular flexibility index (Phi) is 6.51. The maximum atomic E-state index is 13.8. The Morgan fingerprint density at radius 1 is 0.805 bits per heavy atom. The van der Waals surface area contributed by atoms with Crippen LogP contribution in [0.3, 0.4) is 0 Å². The minimum Gasteiger partial charge on any atom is -0.456 e. The van der Waals surface area contributed by atoms with Crippen LogP contribution in [0.4, 0.5) is 0 Å². The van der Waals surface area contributed by atoms with E-state index in [1.54, 1.807) is 18.5 Å². The van der Waals surface area contributed by atoms with Crippen LogP contribution in [0.5, 0.6) is 6.01 Å². The Labute approximate surface area is 234 Å². The Hall–Kier alpha value is -5.37. The number of nitrogens with zero attached hydrogens (tertiary/aromatic N) is 8. The van der Waals surface area contributed by atoms with Crippen molar-refractivity contribution in [2.24, 2.45) is 7.05 Å². The van der Waals surface area contributed by atoms with Gasteiger partial charge in [0.25, 0.3) is 11.6 Å². The molecule has 0 atom stereocenters. The smallest absolute Gasteiger partial charge is 0.332 e. The molecule has 11 heteroatoms. The predicted molar refractivity (Wildman–Crippen MR) is 155 cm³/mol. The van der Waals surface area contributed by atoms with Crippen molar-refractivity contribution in [3.63, 3.8) is 0 Å². The summed E-state index contributed by atoms with van der Waals surface area (Å²) in [6, 6.07) is 15.5. The molecule has 0 spiro atoms. The third-order valence-electron chi connectivity index (χ3n) is 6.92. The van der Waals surface area contributed by atoms with Gasteiger partial charge in [-0.1, -0.05) is 42.3 Å². The first-order valence-corrected chi connectivity index (χ1v) is 13.0. The maximum Gasteiger partial charge on any atom is 0.332 e. The molecule has 0 amide bonds. The van der Waals surface area contributed by atoms with Gasteiger partial charge >= 0.3 is 5.69 Å². The van der Waals surface area contributed by atoms with E-state index in [0.29, 0.717) is 11.6 Å². The molecular weight excluding hydrogens is 520 g/mol. The van der Waals surface area contributed by atoms with E-state index < -0.39 is 11.2 Å². The normalized spacial score (nSPS) is 11.2. The monoisotopic (exact) mass is 546 g/mol. The average molecular weight is 547 g/mol. The molecule has 204 valence electrons. The van der Waals surface area contributed by atoms with Crippen LogP contribution in [0.15, 0.2) is 58.1 Å². The van der Waals surface area contributed by atoms with Crippen LogP contribution >= 0.6 is 0 Å². The molecule has 0 saturated heterocycles. The summed E-state index contributed by atoms with van der Waals surface area (Å²) in [5.74, 6) is 6.65. The lowest BCUT2D eigenvalue weighted by Crippen LogP contribution is -2.40. The summed E-state index contributed by atoms with van der Waals surface area (Å²) in [6.45, 7) is 5.55. The van der Waals surface area contributed by atoms with Crippen LogP contribution in [0.25, 0.3) is 33.0 Å². The minimum absolute atomic E-state index is 0.0148. The fourth-order valence-corrected chi connectivity index (χ4v) is 4.90. The summed E-state index contributed by atoms with van der Waals surface area (Å²) in [7, 11) is 1.57. The van der Waals surface area contributed by atoms with Crippen LogP contribution < -0.4 is 16.0 Å². The van der Waals surface area contributed by atoms with Gasteiger partial charge in [-0.15, -0.1) is 5.92 Å². The molecule has 0 fully saturated rings. The summed E-state index contributed by atoms with van der Waals surface area (Å²) in [5.41, 5.74) is 2.45. The molecular formula is C30H26N8O3. The Bertz CT molecular complexity index is 2170. The zero-order valence-corrected chi connectivity index (χ0v) is 23.0. The zero-order chi connectivity index (χ0) is 28.7. The highest BCUT2D eigenvalue weighted by Crippen LogP contribution is 2.20. The fraction of sp³-hybridized carbons (Fsp3) is 0.233. The van der Waals surface area contributed by atoms with Gasteiger partial charge in [-0.3, -0.25) is 18.5 Å². The molecule has 0 aliphatic heterocycles. The number of aryl methyl sites for hydroxylation is 3. The third kappa shape index (κ3) is 4.59. The van der Waals surface area contributed by atoms with Gasteiger partial charge in [-0.25, -0.2) is 24.7 Å². The van der Waals surface area contributed by atoms with E-state index in [9.17, 15) is 9.59 Å². The number of hydrogen-bond acceptors (Lipinski definition) is 8. The molecule has 0 radical (unpaired) electrons. The third-order valence-corrected chi connectivity index (χ3v) is 6.92. The van der Waals surface area contributed by atoms with Gasteiger partial charge in [0.1, 0.15) is 5.82 Å². The van der Waals surface area contributed by atoms with Gasteiger partial charge in [-0.05, 0) is 32.9 Å². The number of aromatic nitrogens is 8. The number of rotatable bonds is 6. The number of ether oxygens (including phenoxy) is 1. The van der Waals surface area contributed by atoms with Crippen molar-refractivity contribution in [2.45, 2.75) is 40.5 Å². The summed E-state index contributed by atoms with van der Waals surface area (Å²) in [5, 5.41) is 1.87. The maximum absolute atomic E-state index is 13.8. The molecule has 6 rings (SSSR count). The Morgan fingerprint density at radius 3 is 2.07 bits per heavy atom. The van der Waals surface area contributed by atoms with Crippen molar-refractivity contribution >= 4 is 33.0 Å². The van der Waals surface area contributed by atoms with Crippen LogP contribution in [0, 0.1) is 25.7 Å². The number of benzene rings is 2.